The lowest BCUT2D eigenvalue weighted by molar-refractivity contribution is -0.135. The zero-order chi connectivity index (χ0) is 20.5. The topological polar surface area (TPSA) is 57.7 Å². The van der Waals surface area contributed by atoms with Crippen LogP contribution in [0, 0.1) is 26.7 Å². The first-order valence-corrected chi connectivity index (χ1v) is 11.9. The van der Waals surface area contributed by atoms with Gasteiger partial charge in [-0.1, -0.05) is 17.7 Å². The van der Waals surface area contributed by atoms with Crippen LogP contribution in [0.25, 0.3) is 0 Å². The van der Waals surface area contributed by atoms with E-state index in [-0.39, 0.29) is 11.8 Å². The average Bonchev–Trinajstić information content (AvgIpc) is 3.13. The molecule has 1 fully saturated rings. The van der Waals surface area contributed by atoms with Gasteiger partial charge < -0.3 is 4.90 Å². The van der Waals surface area contributed by atoms with Crippen molar-refractivity contribution in [2.24, 2.45) is 5.92 Å². The molecule has 1 saturated heterocycles. The first-order valence-electron chi connectivity index (χ1n) is 9.54. The molecule has 1 amide bonds. The van der Waals surface area contributed by atoms with Crippen LogP contribution in [0.4, 0.5) is 0 Å². The molecule has 0 saturated carbocycles. The number of piperidine rings is 1. The molecule has 152 valence electrons. The smallest absolute Gasteiger partial charge is 0.243 e. The number of amides is 1. The molecule has 1 aliphatic rings. The minimum atomic E-state index is -3.54. The van der Waals surface area contributed by atoms with E-state index in [1.165, 1.54) is 0 Å². The zero-order valence-electron chi connectivity index (χ0n) is 16.9. The van der Waals surface area contributed by atoms with Crippen molar-refractivity contribution < 1.29 is 13.2 Å². The third-order valence-electron chi connectivity index (χ3n) is 5.38. The summed E-state index contributed by atoms with van der Waals surface area (Å²) in [6.45, 7) is 7.05. The van der Waals surface area contributed by atoms with E-state index in [9.17, 15) is 13.2 Å². The summed E-state index contributed by atoms with van der Waals surface area (Å²) >= 11 is 1.62. The Bertz CT molecular complexity index is 921. The molecule has 0 radical (unpaired) electrons. The predicted octanol–water partition coefficient (Wildman–Crippen LogP) is 3.73. The normalized spacial score (nSPS) is 16.3. The molecule has 0 bridgehead atoms. The summed E-state index contributed by atoms with van der Waals surface area (Å²) in [4.78, 5) is 14.9. The maximum absolute atomic E-state index is 13.2. The summed E-state index contributed by atoms with van der Waals surface area (Å²) in [5.74, 6) is -0.0127. The molecule has 2 heterocycles. The van der Waals surface area contributed by atoms with Crippen LogP contribution in [0.15, 0.2) is 33.9 Å². The van der Waals surface area contributed by atoms with Crippen LogP contribution >= 0.6 is 11.3 Å². The van der Waals surface area contributed by atoms with Gasteiger partial charge in [-0.05, 0) is 67.1 Å². The lowest BCUT2D eigenvalue weighted by atomic mass is 9.96. The molecule has 1 aromatic carbocycles. The summed E-state index contributed by atoms with van der Waals surface area (Å²) in [6, 6.07) is 5.85. The highest BCUT2D eigenvalue weighted by molar-refractivity contribution is 7.89. The van der Waals surface area contributed by atoms with Gasteiger partial charge in [-0.2, -0.15) is 15.6 Å². The number of carbonyl (C=O) groups is 1. The standard InChI is InChI=1S/C21H28N2O3S2/c1-15-11-16(2)20(17(3)12-15)28(25,26)23-8-5-19(6-9-23)21(24)22(4)13-18-7-10-27-14-18/h7,10-12,14,19H,5-6,8-9,13H2,1-4H3. The lowest BCUT2D eigenvalue weighted by Gasteiger charge is -2.33. The van der Waals surface area contributed by atoms with Crippen molar-refractivity contribution in [1.29, 1.82) is 0 Å². The van der Waals surface area contributed by atoms with Crippen LogP contribution in [-0.4, -0.2) is 43.7 Å². The van der Waals surface area contributed by atoms with Gasteiger partial charge in [0, 0.05) is 32.6 Å². The number of benzene rings is 1. The van der Waals surface area contributed by atoms with Gasteiger partial charge >= 0.3 is 0 Å². The van der Waals surface area contributed by atoms with Gasteiger partial charge in [0.15, 0.2) is 0 Å². The molecule has 3 rings (SSSR count). The molecule has 2 aromatic rings. The minimum Gasteiger partial charge on any atom is -0.341 e. The largest absolute Gasteiger partial charge is 0.341 e. The van der Waals surface area contributed by atoms with Crippen LogP contribution in [0.2, 0.25) is 0 Å². The number of carbonyl (C=O) groups excluding carboxylic acids is 1. The van der Waals surface area contributed by atoms with Crippen LogP contribution in [0.1, 0.15) is 35.1 Å². The molecule has 0 spiro atoms. The highest BCUT2D eigenvalue weighted by Crippen LogP contribution is 2.29. The Labute approximate surface area is 172 Å². The molecule has 5 nitrogen and oxygen atoms in total. The van der Waals surface area contributed by atoms with Gasteiger partial charge in [-0.25, -0.2) is 8.42 Å². The quantitative estimate of drug-likeness (QED) is 0.741. The fraction of sp³-hybridized carbons (Fsp3) is 0.476. The Kier molecular flexibility index (Phi) is 6.27. The second-order valence-corrected chi connectivity index (χ2v) is 10.4. The summed E-state index contributed by atoms with van der Waals surface area (Å²) < 4.78 is 27.9. The van der Waals surface area contributed by atoms with E-state index in [0.29, 0.717) is 37.4 Å². The molecule has 0 aliphatic carbocycles. The monoisotopic (exact) mass is 420 g/mol. The Morgan fingerprint density at radius 2 is 1.79 bits per heavy atom. The van der Waals surface area contributed by atoms with Crippen molar-refractivity contribution in [1.82, 2.24) is 9.21 Å². The SMILES string of the molecule is Cc1cc(C)c(S(=O)(=O)N2CCC(C(=O)N(C)Cc3ccsc3)CC2)c(C)c1. The van der Waals surface area contributed by atoms with Crippen molar-refractivity contribution in [2.75, 3.05) is 20.1 Å². The molecule has 0 atom stereocenters. The molecule has 1 aromatic heterocycles. The molecular weight excluding hydrogens is 392 g/mol. The van der Waals surface area contributed by atoms with E-state index in [2.05, 4.69) is 0 Å². The maximum atomic E-state index is 13.2. The van der Waals surface area contributed by atoms with E-state index < -0.39 is 10.0 Å². The first-order chi connectivity index (χ1) is 13.2. The van der Waals surface area contributed by atoms with Gasteiger partial charge in [0.2, 0.25) is 15.9 Å². The number of aryl methyl sites for hydroxylation is 3. The van der Waals surface area contributed by atoms with Gasteiger partial charge in [0.1, 0.15) is 0 Å². The van der Waals surface area contributed by atoms with Gasteiger partial charge in [-0.3, -0.25) is 4.79 Å². The molecule has 28 heavy (non-hydrogen) atoms. The Balaban J connectivity index is 1.67. The lowest BCUT2D eigenvalue weighted by Crippen LogP contribution is -2.43. The van der Waals surface area contributed by atoms with Gasteiger partial charge in [0.25, 0.3) is 0 Å². The highest BCUT2D eigenvalue weighted by Gasteiger charge is 2.34. The zero-order valence-corrected chi connectivity index (χ0v) is 18.6. The summed E-state index contributed by atoms with van der Waals surface area (Å²) in [5, 5.41) is 4.05. The fourth-order valence-corrected chi connectivity index (χ4v) is 6.63. The number of rotatable bonds is 5. The van der Waals surface area contributed by atoms with E-state index in [4.69, 9.17) is 0 Å². The van der Waals surface area contributed by atoms with E-state index >= 15 is 0 Å². The van der Waals surface area contributed by atoms with Gasteiger partial charge in [-0.15, -0.1) is 0 Å². The second-order valence-electron chi connectivity index (χ2n) is 7.73. The molecule has 0 N–H and O–H groups in total. The molecule has 1 aliphatic heterocycles. The number of hydrogen-bond donors (Lipinski definition) is 0. The van der Waals surface area contributed by atoms with E-state index in [0.717, 1.165) is 22.3 Å². The van der Waals surface area contributed by atoms with Crippen molar-refractivity contribution in [2.45, 2.75) is 45.1 Å². The van der Waals surface area contributed by atoms with Gasteiger partial charge in [0.05, 0.1) is 4.90 Å². The van der Waals surface area contributed by atoms with Crippen LogP contribution < -0.4 is 0 Å². The van der Waals surface area contributed by atoms with Crippen molar-refractivity contribution in [3.8, 4) is 0 Å². The third kappa shape index (κ3) is 4.31. The number of nitrogens with zero attached hydrogens (tertiary/aromatic N) is 2. The minimum absolute atomic E-state index is 0.103. The number of thiophene rings is 1. The Morgan fingerprint density at radius 1 is 1.18 bits per heavy atom. The summed E-state index contributed by atoms with van der Waals surface area (Å²) in [7, 11) is -1.72. The van der Waals surface area contributed by atoms with E-state index in [1.54, 1.807) is 20.5 Å². The predicted molar refractivity (Wildman–Crippen MR) is 113 cm³/mol. The first kappa shape index (κ1) is 21.0. The molecule has 0 unspecified atom stereocenters. The van der Waals surface area contributed by atoms with Crippen molar-refractivity contribution >= 4 is 27.3 Å². The van der Waals surface area contributed by atoms with E-state index in [1.807, 2.05) is 56.8 Å². The maximum Gasteiger partial charge on any atom is 0.243 e. The molecule has 7 heteroatoms. The van der Waals surface area contributed by atoms with Crippen molar-refractivity contribution in [3.63, 3.8) is 0 Å². The molecular formula is C21H28N2O3S2. The fourth-order valence-electron chi connectivity index (χ4n) is 4.09. The highest BCUT2D eigenvalue weighted by atomic mass is 32.2. The average molecular weight is 421 g/mol. The summed E-state index contributed by atoms with van der Waals surface area (Å²) in [6.07, 6.45) is 1.13. The third-order valence-corrected chi connectivity index (χ3v) is 8.32. The number of hydrogen-bond acceptors (Lipinski definition) is 4. The second kappa shape index (κ2) is 8.35. The van der Waals surface area contributed by atoms with Crippen LogP contribution in [-0.2, 0) is 21.4 Å². The summed E-state index contributed by atoms with van der Waals surface area (Å²) in [5.41, 5.74) is 3.76. The Morgan fingerprint density at radius 3 is 2.32 bits per heavy atom. The van der Waals surface area contributed by atoms with Crippen LogP contribution in [0.5, 0.6) is 0 Å². The van der Waals surface area contributed by atoms with Crippen LogP contribution in [0.3, 0.4) is 0 Å². The number of sulfonamides is 1. The van der Waals surface area contributed by atoms with Crippen molar-refractivity contribution in [3.05, 3.63) is 51.2 Å². The Hall–Kier alpha value is -1.70.